The summed E-state index contributed by atoms with van der Waals surface area (Å²) in [5, 5.41) is 27.5. The number of carboxylic acids is 1. The quantitative estimate of drug-likeness (QED) is 0.336. The molecule has 4 aromatic rings. The Kier molecular flexibility index (Phi) is 7.44. The van der Waals surface area contributed by atoms with Gasteiger partial charge < -0.3 is 19.6 Å². The second-order valence-electron chi connectivity index (χ2n) is 9.45. The topological polar surface area (TPSA) is 130 Å². The molecule has 1 saturated heterocycles. The number of alkyl halides is 3. The minimum absolute atomic E-state index is 0.0626. The molecule has 0 aliphatic carbocycles. The number of aromatic nitrogens is 5. The van der Waals surface area contributed by atoms with Crippen LogP contribution >= 0.6 is 0 Å². The average molecular weight is 543 g/mol. The lowest BCUT2D eigenvalue weighted by atomic mass is 9.94. The molecule has 3 aromatic heterocycles. The fourth-order valence-electron chi connectivity index (χ4n) is 4.84. The number of rotatable bonds is 8. The largest absolute Gasteiger partial charge is 0.481 e. The molecule has 0 radical (unpaired) electrons. The molecular weight excluding hydrogens is 517 g/mol. The van der Waals surface area contributed by atoms with E-state index in [1.807, 2.05) is 0 Å². The molecule has 0 bridgehead atoms. The lowest BCUT2D eigenvalue weighted by Gasteiger charge is -2.33. The molecular formula is C26H25F3N6O4. The fraction of sp³-hybridized carbons (Fsp3) is 0.346. The van der Waals surface area contributed by atoms with Crippen molar-refractivity contribution in [3.63, 3.8) is 0 Å². The van der Waals surface area contributed by atoms with E-state index in [2.05, 4.69) is 25.1 Å². The van der Waals surface area contributed by atoms with E-state index in [4.69, 9.17) is 9.63 Å². The van der Waals surface area contributed by atoms with E-state index in [1.54, 1.807) is 24.3 Å². The third kappa shape index (κ3) is 5.99. The number of benzene rings is 1. The van der Waals surface area contributed by atoms with Crippen LogP contribution in [-0.4, -0.2) is 65.6 Å². The average Bonchev–Trinajstić information content (AvgIpc) is 3.57. The van der Waals surface area contributed by atoms with Gasteiger partial charge in [-0.15, -0.1) is 0 Å². The first kappa shape index (κ1) is 26.5. The highest BCUT2D eigenvalue weighted by atomic mass is 19.4. The lowest BCUT2D eigenvalue weighted by molar-refractivity contribution is -0.142. The number of aliphatic carboxylic acids is 1. The van der Waals surface area contributed by atoms with Gasteiger partial charge in [0.1, 0.15) is 0 Å². The van der Waals surface area contributed by atoms with Gasteiger partial charge in [0.05, 0.1) is 29.7 Å². The van der Waals surface area contributed by atoms with Crippen LogP contribution in [0.5, 0.6) is 0 Å². The minimum atomic E-state index is -4.75. The van der Waals surface area contributed by atoms with Crippen molar-refractivity contribution in [1.29, 1.82) is 0 Å². The van der Waals surface area contributed by atoms with Crippen LogP contribution in [0.15, 0.2) is 59.5 Å². The van der Waals surface area contributed by atoms with Gasteiger partial charge in [-0.3, -0.25) is 9.78 Å². The standard InChI is InChI=1S/C26H25F3N6O4/c27-26(28,29)23-20(13-31-35(23)19-4-1-9-30-12-19)25-32-24(33-39-25)18-7-5-17(6-8-18)21(36)15-34-10-2-3-16(14-34)11-22(37)38/h1,4-9,12-13,16,21,36H,2-3,10-11,14-15H2,(H,37,38)/t16-,21+/m1/s1. The summed E-state index contributed by atoms with van der Waals surface area (Å²) < 4.78 is 47.9. The Morgan fingerprint density at radius 2 is 1.97 bits per heavy atom. The Labute approximate surface area is 220 Å². The molecule has 1 fully saturated rings. The third-order valence-corrected chi connectivity index (χ3v) is 6.64. The molecule has 1 aromatic carbocycles. The zero-order valence-electron chi connectivity index (χ0n) is 20.6. The lowest BCUT2D eigenvalue weighted by Crippen LogP contribution is -2.38. The summed E-state index contributed by atoms with van der Waals surface area (Å²) in [6, 6.07) is 9.64. The molecule has 0 unspecified atom stereocenters. The molecule has 1 aliphatic rings. The van der Waals surface area contributed by atoms with Gasteiger partial charge in [-0.2, -0.15) is 23.3 Å². The normalized spacial score (nSPS) is 17.3. The van der Waals surface area contributed by atoms with Gasteiger partial charge in [-0.25, -0.2) is 4.68 Å². The summed E-state index contributed by atoms with van der Waals surface area (Å²) >= 11 is 0. The van der Waals surface area contributed by atoms with Crippen LogP contribution in [0.25, 0.3) is 28.5 Å². The van der Waals surface area contributed by atoms with E-state index in [1.165, 1.54) is 24.5 Å². The zero-order chi connectivity index (χ0) is 27.6. The SMILES string of the molecule is O=C(O)C[C@H]1CCCN(C[C@H](O)c2ccc(-c3noc(-c4cnn(-c5cccnc5)c4C(F)(F)F)n3)cc2)C1. The van der Waals surface area contributed by atoms with Crippen LogP contribution in [-0.2, 0) is 11.0 Å². The molecule has 204 valence electrons. The number of aliphatic hydroxyl groups excluding tert-OH is 1. The molecule has 2 N–H and O–H groups in total. The second-order valence-corrected chi connectivity index (χ2v) is 9.45. The fourth-order valence-corrected chi connectivity index (χ4v) is 4.84. The summed E-state index contributed by atoms with van der Waals surface area (Å²) in [6.07, 6.45) is 0.0291. The number of hydrogen-bond acceptors (Lipinski definition) is 8. The third-order valence-electron chi connectivity index (χ3n) is 6.64. The molecule has 10 nitrogen and oxygen atoms in total. The molecule has 5 rings (SSSR count). The van der Waals surface area contributed by atoms with Crippen molar-refractivity contribution in [2.45, 2.75) is 31.5 Å². The number of carbonyl (C=O) groups is 1. The van der Waals surface area contributed by atoms with Gasteiger partial charge in [0, 0.05) is 31.3 Å². The monoisotopic (exact) mass is 542 g/mol. The number of β-amino-alcohol motifs (C(OH)–C–C–N with tert-alkyl or cyclic N) is 1. The van der Waals surface area contributed by atoms with Gasteiger partial charge in [-0.05, 0) is 43.0 Å². The molecule has 1 aliphatic heterocycles. The van der Waals surface area contributed by atoms with E-state index >= 15 is 0 Å². The van der Waals surface area contributed by atoms with Crippen LogP contribution in [0.2, 0.25) is 0 Å². The van der Waals surface area contributed by atoms with E-state index in [0.29, 0.717) is 24.2 Å². The molecule has 0 amide bonds. The molecule has 13 heteroatoms. The molecule has 0 saturated carbocycles. The van der Waals surface area contributed by atoms with Crippen LogP contribution < -0.4 is 0 Å². The first-order valence-corrected chi connectivity index (χ1v) is 12.3. The van der Waals surface area contributed by atoms with E-state index in [9.17, 15) is 23.1 Å². The highest BCUT2D eigenvalue weighted by molar-refractivity contribution is 5.67. The Bertz CT molecular complexity index is 1420. The van der Waals surface area contributed by atoms with Gasteiger partial charge in [-0.1, -0.05) is 29.4 Å². The van der Waals surface area contributed by atoms with Crippen molar-refractivity contribution >= 4 is 5.97 Å². The van der Waals surface area contributed by atoms with Gasteiger partial charge in [0.2, 0.25) is 5.82 Å². The first-order valence-electron chi connectivity index (χ1n) is 12.3. The summed E-state index contributed by atoms with van der Waals surface area (Å²) in [7, 11) is 0. The van der Waals surface area contributed by atoms with Crippen molar-refractivity contribution in [3.05, 3.63) is 66.2 Å². The maximum atomic E-state index is 14.0. The summed E-state index contributed by atoms with van der Waals surface area (Å²) in [6.45, 7) is 1.77. The zero-order valence-corrected chi connectivity index (χ0v) is 20.6. The van der Waals surface area contributed by atoms with E-state index in [0.717, 1.165) is 30.3 Å². The number of halogens is 3. The number of likely N-dealkylation sites (tertiary alicyclic amines) is 1. The maximum absolute atomic E-state index is 14.0. The smallest absolute Gasteiger partial charge is 0.434 e. The van der Waals surface area contributed by atoms with Gasteiger partial charge in [0.25, 0.3) is 5.89 Å². The number of nitrogens with zero attached hydrogens (tertiary/aromatic N) is 6. The van der Waals surface area contributed by atoms with Crippen molar-refractivity contribution in [1.82, 2.24) is 29.8 Å². The second kappa shape index (κ2) is 10.9. The van der Waals surface area contributed by atoms with Crippen LogP contribution in [0.4, 0.5) is 13.2 Å². The molecule has 4 heterocycles. The highest BCUT2D eigenvalue weighted by Gasteiger charge is 2.40. The van der Waals surface area contributed by atoms with Crippen LogP contribution in [0.1, 0.15) is 36.6 Å². The Morgan fingerprint density at radius 1 is 1.18 bits per heavy atom. The minimum Gasteiger partial charge on any atom is -0.481 e. The molecule has 39 heavy (non-hydrogen) atoms. The summed E-state index contributed by atoms with van der Waals surface area (Å²) in [5.41, 5.74) is -0.159. The van der Waals surface area contributed by atoms with E-state index < -0.39 is 23.9 Å². The van der Waals surface area contributed by atoms with Crippen LogP contribution in [0.3, 0.4) is 0 Å². The van der Waals surface area contributed by atoms with Gasteiger partial charge in [0.15, 0.2) is 5.69 Å². The Morgan fingerprint density at radius 3 is 2.67 bits per heavy atom. The number of piperidine rings is 1. The number of carboxylic acid groups (broad SMARTS) is 1. The maximum Gasteiger partial charge on any atom is 0.434 e. The van der Waals surface area contributed by atoms with Crippen molar-refractivity contribution in [3.8, 4) is 28.5 Å². The number of hydrogen-bond donors (Lipinski definition) is 2. The number of aliphatic hydroxyl groups is 1. The highest BCUT2D eigenvalue weighted by Crippen LogP contribution is 2.38. The number of pyridine rings is 1. The van der Waals surface area contributed by atoms with Crippen LogP contribution in [0, 0.1) is 5.92 Å². The molecule has 0 spiro atoms. The summed E-state index contributed by atoms with van der Waals surface area (Å²) in [5.74, 6) is -1.01. The first-order chi connectivity index (χ1) is 18.7. The predicted molar refractivity (Wildman–Crippen MR) is 131 cm³/mol. The molecule has 2 atom stereocenters. The Hall–Kier alpha value is -4.10. The summed E-state index contributed by atoms with van der Waals surface area (Å²) in [4.78, 5) is 21.1. The van der Waals surface area contributed by atoms with Crippen molar-refractivity contribution < 1.29 is 32.7 Å². The van der Waals surface area contributed by atoms with Crippen molar-refractivity contribution in [2.24, 2.45) is 5.92 Å². The van der Waals surface area contributed by atoms with Gasteiger partial charge >= 0.3 is 12.1 Å². The van der Waals surface area contributed by atoms with Crippen molar-refractivity contribution in [2.75, 3.05) is 19.6 Å². The Balaban J connectivity index is 1.31. The van der Waals surface area contributed by atoms with E-state index in [-0.39, 0.29) is 35.3 Å². The predicted octanol–water partition coefficient (Wildman–Crippen LogP) is 4.22.